The Labute approximate surface area is 100 Å². The van der Waals surface area contributed by atoms with E-state index >= 15 is 0 Å². The van der Waals surface area contributed by atoms with E-state index < -0.39 is 11.4 Å². The van der Waals surface area contributed by atoms with Crippen molar-refractivity contribution < 1.29 is 19.4 Å². The van der Waals surface area contributed by atoms with Crippen LogP contribution in [0.2, 0.25) is 0 Å². The third kappa shape index (κ3) is 1.24. The van der Waals surface area contributed by atoms with Crippen LogP contribution in [0.4, 0.5) is 0 Å². The number of aliphatic carboxylic acids is 1. The van der Waals surface area contributed by atoms with E-state index in [0.29, 0.717) is 24.3 Å². The SMILES string of the molecule is O=C(O)C1(c2cc3c(cc2Br)OCO3)CC1. The van der Waals surface area contributed by atoms with Crippen LogP contribution >= 0.6 is 15.9 Å². The topological polar surface area (TPSA) is 55.8 Å². The zero-order valence-electron chi connectivity index (χ0n) is 8.33. The second-order valence-corrected chi connectivity index (χ2v) is 4.93. The molecule has 4 nitrogen and oxygen atoms in total. The Morgan fingerprint density at radius 2 is 1.94 bits per heavy atom. The molecule has 0 spiro atoms. The van der Waals surface area contributed by atoms with Crippen LogP contribution in [0, 0.1) is 0 Å². The lowest BCUT2D eigenvalue weighted by atomic mass is 9.96. The van der Waals surface area contributed by atoms with E-state index in [1.54, 1.807) is 12.1 Å². The van der Waals surface area contributed by atoms with Crippen LogP contribution in [-0.4, -0.2) is 17.9 Å². The predicted octanol–water partition coefficient (Wildman–Crippen LogP) is 2.29. The molecule has 1 fully saturated rings. The van der Waals surface area contributed by atoms with Crippen LogP contribution in [-0.2, 0) is 10.2 Å². The Hall–Kier alpha value is -1.23. The van der Waals surface area contributed by atoms with Crippen LogP contribution < -0.4 is 9.47 Å². The summed E-state index contributed by atoms with van der Waals surface area (Å²) in [4.78, 5) is 11.2. The van der Waals surface area contributed by atoms with Crippen LogP contribution in [0.15, 0.2) is 16.6 Å². The Kier molecular flexibility index (Phi) is 1.95. The third-order valence-corrected chi connectivity index (χ3v) is 3.79. The average molecular weight is 285 g/mol. The van der Waals surface area contributed by atoms with E-state index in [9.17, 15) is 9.90 Å². The lowest BCUT2D eigenvalue weighted by Gasteiger charge is -2.13. The van der Waals surface area contributed by atoms with Crippen LogP contribution in [0.5, 0.6) is 11.5 Å². The maximum absolute atomic E-state index is 11.2. The van der Waals surface area contributed by atoms with E-state index in [1.165, 1.54) is 0 Å². The first-order valence-electron chi connectivity index (χ1n) is 4.96. The molecule has 0 unspecified atom stereocenters. The van der Waals surface area contributed by atoms with Gasteiger partial charge in [0.25, 0.3) is 0 Å². The highest BCUT2D eigenvalue weighted by atomic mass is 79.9. The molecule has 1 aliphatic carbocycles. The van der Waals surface area contributed by atoms with Crippen molar-refractivity contribution in [2.45, 2.75) is 18.3 Å². The first-order chi connectivity index (χ1) is 7.63. The fourth-order valence-corrected chi connectivity index (χ4v) is 2.71. The number of hydrogen-bond acceptors (Lipinski definition) is 3. The largest absolute Gasteiger partial charge is 0.481 e. The number of benzene rings is 1. The number of carbonyl (C=O) groups is 1. The van der Waals surface area contributed by atoms with E-state index in [4.69, 9.17) is 9.47 Å². The Morgan fingerprint density at radius 1 is 1.31 bits per heavy atom. The molecule has 1 N–H and O–H groups in total. The van der Waals surface area contributed by atoms with Crippen molar-refractivity contribution in [2.75, 3.05) is 6.79 Å². The summed E-state index contributed by atoms with van der Waals surface area (Å²) in [5.74, 6) is 0.523. The zero-order valence-corrected chi connectivity index (χ0v) is 9.91. The van der Waals surface area contributed by atoms with Gasteiger partial charge in [0.15, 0.2) is 11.5 Å². The zero-order chi connectivity index (χ0) is 11.3. The molecular weight excluding hydrogens is 276 g/mol. The molecular formula is C11H9BrO4. The molecule has 16 heavy (non-hydrogen) atoms. The van der Waals surface area contributed by atoms with Gasteiger partial charge in [-0.05, 0) is 30.5 Å². The van der Waals surface area contributed by atoms with Gasteiger partial charge in [0.2, 0.25) is 6.79 Å². The van der Waals surface area contributed by atoms with Crippen LogP contribution in [0.1, 0.15) is 18.4 Å². The van der Waals surface area contributed by atoms with Crippen molar-refractivity contribution in [2.24, 2.45) is 0 Å². The van der Waals surface area contributed by atoms with Gasteiger partial charge < -0.3 is 14.6 Å². The molecule has 0 radical (unpaired) electrons. The number of halogens is 1. The standard InChI is InChI=1S/C11H9BrO4/c12-7-4-9-8(15-5-16-9)3-6(7)11(1-2-11)10(13)14/h3-4H,1-2,5H2,(H,13,14). The van der Waals surface area contributed by atoms with Gasteiger partial charge in [0.05, 0.1) is 5.41 Å². The Balaban J connectivity index is 2.12. The van der Waals surface area contributed by atoms with E-state index in [1.807, 2.05) is 0 Å². The lowest BCUT2D eigenvalue weighted by molar-refractivity contribution is -0.140. The highest BCUT2D eigenvalue weighted by Crippen LogP contribution is 2.53. The molecule has 0 bridgehead atoms. The summed E-state index contributed by atoms with van der Waals surface area (Å²) in [6.45, 7) is 0.200. The summed E-state index contributed by atoms with van der Waals surface area (Å²) in [5, 5.41) is 9.24. The van der Waals surface area contributed by atoms with Gasteiger partial charge in [-0.15, -0.1) is 0 Å². The summed E-state index contributed by atoms with van der Waals surface area (Å²) in [7, 11) is 0. The van der Waals surface area contributed by atoms with Crippen molar-refractivity contribution in [3.05, 3.63) is 22.2 Å². The fraction of sp³-hybridized carbons (Fsp3) is 0.364. The minimum Gasteiger partial charge on any atom is -0.481 e. The van der Waals surface area contributed by atoms with Crippen LogP contribution in [0.3, 0.4) is 0 Å². The summed E-state index contributed by atoms with van der Waals surface area (Å²) < 4.78 is 11.3. The molecule has 3 rings (SSSR count). The average Bonchev–Trinajstić information content (AvgIpc) is 2.92. The highest BCUT2D eigenvalue weighted by molar-refractivity contribution is 9.10. The van der Waals surface area contributed by atoms with Crippen molar-refractivity contribution >= 4 is 21.9 Å². The van der Waals surface area contributed by atoms with Gasteiger partial charge in [-0.25, -0.2) is 0 Å². The minimum absolute atomic E-state index is 0.200. The van der Waals surface area contributed by atoms with Crippen molar-refractivity contribution in [1.29, 1.82) is 0 Å². The summed E-state index contributed by atoms with van der Waals surface area (Å²) >= 11 is 3.40. The summed E-state index contributed by atoms with van der Waals surface area (Å²) in [6, 6.07) is 3.55. The highest BCUT2D eigenvalue weighted by Gasteiger charge is 2.53. The maximum atomic E-state index is 11.2. The molecule has 0 atom stereocenters. The molecule has 1 heterocycles. The molecule has 0 saturated heterocycles. The van der Waals surface area contributed by atoms with E-state index in [0.717, 1.165) is 10.0 Å². The molecule has 1 aromatic rings. The molecule has 0 aromatic heterocycles. The second kappa shape index (κ2) is 3.13. The molecule has 2 aliphatic rings. The van der Waals surface area contributed by atoms with E-state index in [-0.39, 0.29) is 6.79 Å². The Morgan fingerprint density at radius 3 is 2.50 bits per heavy atom. The normalized spacial score (nSPS) is 19.6. The smallest absolute Gasteiger partial charge is 0.314 e. The third-order valence-electron chi connectivity index (χ3n) is 3.14. The van der Waals surface area contributed by atoms with Gasteiger partial charge in [-0.2, -0.15) is 0 Å². The minimum atomic E-state index is -0.771. The van der Waals surface area contributed by atoms with Crippen LogP contribution in [0.25, 0.3) is 0 Å². The quantitative estimate of drug-likeness (QED) is 0.905. The number of hydrogen-bond donors (Lipinski definition) is 1. The molecule has 5 heteroatoms. The number of rotatable bonds is 2. The van der Waals surface area contributed by atoms with Gasteiger partial charge in [0, 0.05) is 4.47 Å². The predicted molar refractivity (Wildman–Crippen MR) is 58.8 cm³/mol. The molecule has 0 amide bonds. The molecule has 1 saturated carbocycles. The second-order valence-electron chi connectivity index (χ2n) is 4.07. The number of ether oxygens (including phenoxy) is 2. The van der Waals surface area contributed by atoms with Gasteiger partial charge in [-0.3, -0.25) is 4.79 Å². The Bertz CT molecular complexity index is 479. The molecule has 1 aliphatic heterocycles. The van der Waals surface area contributed by atoms with Gasteiger partial charge in [0.1, 0.15) is 0 Å². The fourth-order valence-electron chi connectivity index (χ4n) is 2.01. The number of carboxylic acid groups (broad SMARTS) is 1. The van der Waals surface area contributed by atoms with Gasteiger partial charge in [-0.1, -0.05) is 15.9 Å². The first kappa shape index (κ1) is 9.96. The number of fused-ring (bicyclic) bond motifs is 1. The number of carboxylic acids is 1. The first-order valence-corrected chi connectivity index (χ1v) is 5.76. The monoisotopic (exact) mass is 284 g/mol. The molecule has 84 valence electrons. The van der Waals surface area contributed by atoms with Gasteiger partial charge >= 0.3 is 5.97 Å². The summed E-state index contributed by atoms with van der Waals surface area (Å²) in [5.41, 5.74) is 0.0593. The molecule has 1 aromatic carbocycles. The van der Waals surface area contributed by atoms with Crippen molar-refractivity contribution in [1.82, 2.24) is 0 Å². The maximum Gasteiger partial charge on any atom is 0.314 e. The van der Waals surface area contributed by atoms with E-state index in [2.05, 4.69) is 15.9 Å². The summed E-state index contributed by atoms with van der Waals surface area (Å²) in [6.07, 6.45) is 1.36. The lowest BCUT2D eigenvalue weighted by Crippen LogP contribution is -2.19. The van der Waals surface area contributed by atoms with Crippen molar-refractivity contribution in [3.8, 4) is 11.5 Å². The van der Waals surface area contributed by atoms with Crippen molar-refractivity contribution in [3.63, 3.8) is 0 Å².